The molecule has 23 N–H and O–H groups in total. The molecule has 0 aromatic heterocycles. The van der Waals surface area contributed by atoms with E-state index in [1.165, 1.54) is 0 Å². The summed E-state index contributed by atoms with van der Waals surface area (Å²) in [7, 11) is 0. The standard InChI is InChI=1S/C45H76O38/c46-1-11-35(26(59)28(61)38(68)75-11)81-42-32(65)24(57)20(53)14(79-42)6-72-40-30(63)22(55)16(7-73-40)78-41-31(64)23(56)21(54)15(77-41)8-74-45-37(18(51)10(49)4-70-45)83-44-34(67)27(60)36(12(2-47)76-44)82-43-33(66)25(58)19(52)13(80-43)5-71-39-29(62)17(50)9(48)3-69-39/h9-68H,1-8H2/t9-,10-,11-,12-,13-,14-,15-,16-,17+,18+,19-,20-,21-,22+,23+,24+,25+,26-,27-,28-,29-,30-,31-,32-,33-,34-,35-,36+,37-,38-,39-,40+,41+,42+,43+,44+,45-/m1/s1. The van der Waals surface area contributed by atoms with Gasteiger partial charge in [-0.3, -0.25) is 0 Å². The number of aliphatic hydroxyl groups is 23. The maximum atomic E-state index is 11.3. The Morgan fingerprint density at radius 3 is 1.07 bits per heavy atom. The summed E-state index contributed by atoms with van der Waals surface area (Å²) in [6, 6.07) is 0. The molecule has 484 valence electrons. The summed E-state index contributed by atoms with van der Waals surface area (Å²) in [5, 5.41) is 243. The highest BCUT2D eigenvalue weighted by Gasteiger charge is 2.56. The molecule has 0 aromatic carbocycles. The Morgan fingerprint density at radius 2 is 0.602 bits per heavy atom. The fraction of sp³-hybridized carbons (Fsp3) is 1.00. The highest BCUT2D eigenvalue weighted by molar-refractivity contribution is 4.98. The minimum Gasteiger partial charge on any atom is -0.394 e. The second-order valence-corrected chi connectivity index (χ2v) is 21.1. The third kappa shape index (κ3) is 14.6. The molecule has 0 spiro atoms. The van der Waals surface area contributed by atoms with Crippen LogP contribution in [0.4, 0.5) is 0 Å². The van der Waals surface area contributed by atoms with E-state index in [0.29, 0.717) is 0 Å². The second kappa shape index (κ2) is 29.0. The van der Waals surface area contributed by atoms with Crippen molar-refractivity contribution < 1.29 is 189 Å². The van der Waals surface area contributed by atoms with Crippen molar-refractivity contribution in [2.45, 2.75) is 227 Å². The summed E-state index contributed by atoms with van der Waals surface area (Å²) in [6.45, 7) is -5.87. The molecule has 0 unspecified atom stereocenters. The molecule has 0 saturated carbocycles. The topological polar surface area (TPSA) is 604 Å². The van der Waals surface area contributed by atoms with Gasteiger partial charge in [0, 0.05) is 0 Å². The van der Waals surface area contributed by atoms with Crippen molar-refractivity contribution >= 4 is 0 Å². The molecule has 38 heteroatoms. The van der Waals surface area contributed by atoms with Gasteiger partial charge in [0.15, 0.2) is 50.3 Å². The van der Waals surface area contributed by atoms with Crippen molar-refractivity contribution in [3.63, 3.8) is 0 Å². The lowest BCUT2D eigenvalue weighted by atomic mass is 9.96. The van der Waals surface area contributed by atoms with Crippen LogP contribution >= 0.6 is 0 Å². The predicted molar refractivity (Wildman–Crippen MR) is 246 cm³/mol. The van der Waals surface area contributed by atoms with Crippen LogP contribution in [0.3, 0.4) is 0 Å². The van der Waals surface area contributed by atoms with Gasteiger partial charge in [-0.1, -0.05) is 0 Å². The largest absolute Gasteiger partial charge is 0.394 e. The summed E-state index contributed by atoms with van der Waals surface area (Å²) in [5.74, 6) is 0. The Labute approximate surface area is 468 Å². The van der Waals surface area contributed by atoms with E-state index < -0.39 is 280 Å². The van der Waals surface area contributed by atoms with Gasteiger partial charge >= 0.3 is 0 Å². The Bertz CT molecular complexity index is 1970. The van der Waals surface area contributed by atoms with Crippen LogP contribution in [-0.2, 0) is 71.1 Å². The van der Waals surface area contributed by atoms with Gasteiger partial charge in [0.1, 0.15) is 177 Å². The van der Waals surface area contributed by atoms with Gasteiger partial charge in [0.05, 0.1) is 52.9 Å². The summed E-state index contributed by atoms with van der Waals surface area (Å²) in [6.07, 6.45) is -68.3. The van der Waals surface area contributed by atoms with Gasteiger partial charge in [-0.05, 0) is 0 Å². The molecule has 38 nitrogen and oxygen atoms in total. The summed E-state index contributed by atoms with van der Waals surface area (Å²) < 4.78 is 83.0. The Hall–Kier alpha value is -1.52. The van der Waals surface area contributed by atoms with E-state index in [1.54, 1.807) is 0 Å². The molecule has 8 heterocycles. The molecule has 0 amide bonds. The fourth-order valence-corrected chi connectivity index (χ4v) is 10.3. The van der Waals surface area contributed by atoms with Crippen molar-refractivity contribution in [1.82, 2.24) is 0 Å². The lowest BCUT2D eigenvalue weighted by molar-refractivity contribution is -0.384. The molecule has 8 aliphatic heterocycles. The van der Waals surface area contributed by atoms with Crippen LogP contribution in [0.15, 0.2) is 0 Å². The zero-order valence-corrected chi connectivity index (χ0v) is 43.4. The van der Waals surface area contributed by atoms with Gasteiger partial charge in [0.25, 0.3) is 0 Å². The van der Waals surface area contributed by atoms with Gasteiger partial charge < -0.3 is 189 Å². The second-order valence-electron chi connectivity index (χ2n) is 21.1. The lowest BCUT2D eigenvalue weighted by Gasteiger charge is -2.47. The predicted octanol–water partition coefficient (Wildman–Crippen LogP) is -16.5. The average molecular weight is 1230 g/mol. The van der Waals surface area contributed by atoms with Gasteiger partial charge in [-0.2, -0.15) is 0 Å². The Balaban J connectivity index is 0.837. The number of aliphatic hydroxyl groups excluding tert-OH is 23. The highest BCUT2D eigenvalue weighted by Crippen LogP contribution is 2.35. The number of hydrogen-bond acceptors (Lipinski definition) is 38. The van der Waals surface area contributed by atoms with Crippen molar-refractivity contribution in [3.05, 3.63) is 0 Å². The summed E-state index contributed by atoms with van der Waals surface area (Å²) >= 11 is 0. The molecule has 8 saturated heterocycles. The first-order valence-electron chi connectivity index (χ1n) is 26.4. The first kappa shape index (κ1) is 67.4. The van der Waals surface area contributed by atoms with Crippen LogP contribution < -0.4 is 0 Å². The molecule has 8 fully saturated rings. The van der Waals surface area contributed by atoms with Crippen molar-refractivity contribution in [2.24, 2.45) is 0 Å². The maximum absolute atomic E-state index is 11.3. The van der Waals surface area contributed by atoms with E-state index in [1.807, 2.05) is 0 Å². The monoisotopic (exact) mass is 1220 g/mol. The minimum absolute atomic E-state index is 0.446. The van der Waals surface area contributed by atoms with Crippen molar-refractivity contribution in [3.8, 4) is 0 Å². The van der Waals surface area contributed by atoms with E-state index >= 15 is 0 Å². The normalized spacial score (nSPS) is 53.9. The van der Waals surface area contributed by atoms with Gasteiger partial charge in [0.2, 0.25) is 0 Å². The molecule has 0 radical (unpaired) electrons. The van der Waals surface area contributed by atoms with E-state index in [0.717, 1.165) is 0 Å². The fourth-order valence-electron chi connectivity index (χ4n) is 10.3. The Kier molecular flexibility index (Phi) is 23.5. The molecule has 0 aromatic rings. The Morgan fingerprint density at radius 1 is 0.265 bits per heavy atom. The van der Waals surface area contributed by atoms with E-state index in [9.17, 15) is 117 Å². The first-order valence-corrected chi connectivity index (χ1v) is 26.4. The minimum atomic E-state index is -2.18. The third-order valence-electron chi connectivity index (χ3n) is 15.4. The van der Waals surface area contributed by atoms with Crippen molar-refractivity contribution in [2.75, 3.05) is 52.9 Å². The molecule has 8 aliphatic rings. The molecular weight excluding hydrogens is 1150 g/mol. The zero-order valence-electron chi connectivity index (χ0n) is 43.4. The third-order valence-corrected chi connectivity index (χ3v) is 15.4. The van der Waals surface area contributed by atoms with E-state index in [-0.39, 0.29) is 0 Å². The van der Waals surface area contributed by atoms with Crippen molar-refractivity contribution in [1.29, 1.82) is 0 Å². The zero-order chi connectivity index (χ0) is 60.6. The van der Waals surface area contributed by atoms with E-state index in [2.05, 4.69) is 0 Å². The highest BCUT2D eigenvalue weighted by atomic mass is 16.8. The molecule has 0 bridgehead atoms. The van der Waals surface area contributed by atoms with Gasteiger partial charge in [-0.25, -0.2) is 0 Å². The lowest BCUT2D eigenvalue weighted by Crippen LogP contribution is -2.66. The van der Waals surface area contributed by atoms with E-state index in [4.69, 9.17) is 71.1 Å². The number of hydrogen-bond donors (Lipinski definition) is 23. The van der Waals surface area contributed by atoms with Crippen LogP contribution in [0, 0.1) is 0 Å². The van der Waals surface area contributed by atoms with Crippen LogP contribution in [-0.4, -0.2) is 398 Å². The molecule has 8 rings (SSSR count). The number of ether oxygens (including phenoxy) is 15. The quantitative estimate of drug-likeness (QED) is 0.0571. The number of rotatable bonds is 19. The average Bonchev–Trinajstić information content (AvgIpc) is 3.67. The van der Waals surface area contributed by atoms with Gasteiger partial charge in [-0.15, -0.1) is 0 Å². The first-order chi connectivity index (χ1) is 39.3. The maximum Gasteiger partial charge on any atom is 0.187 e. The summed E-state index contributed by atoms with van der Waals surface area (Å²) in [5.41, 5.74) is 0. The summed E-state index contributed by atoms with van der Waals surface area (Å²) in [4.78, 5) is 0. The van der Waals surface area contributed by atoms with Crippen LogP contribution in [0.25, 0.3) is 0 Å². The molecular formula is C45H76O38. The molecule has 37 atom stereocenters. The van der Waals surface area contributed by atoms with Crippen LogP contribution in [0.2, 0.25) is 0 Å². The van der Waals surface area contributed by atoms with Crippen LogP contribution in [0.1, 0.15) is 0 Å². The SMILES string of the molecule is OC[C@H]1O[C@@H](O[C@H]2[C@@H](OC[C@H]3O[C@@H](O[C@@H]4CO[C@H](OC[C@H]5O[C@@H](O[C@H]6[C@H](O)[C@@H](O)[C@H](O)O[C@@H]6CO)[C@H](O)[C@@H](O)[C@@H]5O)[C@H](O)[C@H]4O)[C@H](O)[C@@H](O)[C@@H]3O)OC[C@@H](O)[C@@H]2O)[C@H](O)[C@@H](O)[C@H]1O[C@@H]1O[C@H](CO[C@H]2OC[C@@H](O)[C@H](O)[C@H]2O)[C@@H](O)[C@H](O)[C@H]1O. The molecule has 83 heavy (non-hydrogen) atoms. The molecule has 0 aliphatic carbocycles. The smallest absolute Gasteiger partial charge is 0.187 e. The van der Waals surface area contributed by atoms with Crippen LogP contribution in [0.5, 0.6) is 0 Å².